The molecule has 0 radical (unpaired) electrons. The monoisotopic (exact) mass is 249 g/mol. The lowest BCUT2D eigenvalue weighted by Gasteiger charge is -2.18. The van der Waals surface area contributed by atoms with Crippen LogP contribution in [0.25, 0.3) is 0 Å². The Kier molecular flexibility index (Phi) is 3.33. The Labute approximate surface area is 94.5 Å². The molecule has 0 aliphatic rings. The van der Waals surface area contributed by atoms with Crippen LogP contribution in [-0.4, -0.2) is 22.4 Å². The Morgan fingerprint density at radius 2 is 1.94 bits per heavy atom. The molecule has 0 fully saturated rings. The zero-order chi connectivity index (χ0) is 13.4. The van der Waals surface area contributed by atoms with Crippen LogP contribution in [0.1, 0.15) is 27.5 Å². The minimum Gasteiger partial charge on any atom is -0.507 e. The fourth-order valence-electron chi connectivity index (χ4n) is 1.38. The zero-order valence-corrected chi connectivity index (χ0v) is 8.75. The molecule has 0 saturated carbocycles. The van der Waals surface area contributed by atoms with Crippen LogP contribution in [0.4, 0.5) is 13.2 Å². The normalized spacial score (nSPS) is 13.5. The summed E-state index contributed by atoms with van der Waals surface area (Å²) in [5.74, 6) is -2.46. The summed E-state index contributed by atoms with van der Waals surface area (Å²) in [6.07, 6.45) is -4.75. The van der Waals surface area contributed by atoms with Gasteiger partial charge in [0.25, 0.3) is 0 Å². The Morgan fingerprint density at radius 3 is 2.35 bits per heavy atom. The van der Waals surface area contributed by atoms with Crippen LogP contribution in [0, 0.1) is 6.92 Å². The zero-order valence-electron chi connectivity index (χ0n) is 8.75. The number of hydrogen-bond acceptors (Lipinski definition) is 3. The first-order chi connectivity index (χ1) is 7.64. The highest BCUT2D eigenvalue weighted by atomic mass is 19.4. The predicted molar refractivity (Wildman–Crippen MR) is 52.8 cm³/mol. The number of carbonyl (C=O) groups is 1. The Balaban J connectivity index is 3.40. The average Bonchev–Trinajstić information content (AvgIpc) is 2.18. The summed E-state index contributed by atoms with van der Waals surface area (Å²) in [5.41, 5.74) is 3.96. The van der Waals surface area contributed by atoms with Crippen molar-refractivity contribution in [2.75, 3.05) is 0 Å². The second kappa shape index (κ2) is 4.25. The minimum absolute atomic E-state index is 0.273. The van der Waals surface area contributed by atoms with E-state index in [1.54, 1.807) is 0 Å². The first-order valence-corrected chi connectivity index (χ1v) is 4.53. The Morgan fingerprint density at radius 1 is 1.41 bits per heavy atom. The molecular formula is C10H10F3NO3. The molecule has 0 aromatic heterocycles. The largest absolute Gasteiger partial charge is 0.507 e. The van der Waals surface area contributed by atoms with Gasteiger partial charge in [0.05, 0.1) is 0 Å². The highest BCUT2D eigenvalue weighted by Gasteiger charge is 2.40. The van der Waals surface area contributed by atoms with Gasteiger partial charge >= 0.3 is 12.1 Å². The Bertz CT molecular complexity index is 457. The van der Waals surface area contributed by atoms with E-state index in [4.69, 9.17) is 10.8 Å². The molecule has 94 valence electrons. The van der Waals surface area contributed by atoms with Crippen LogP contribution < -0.4 is 5.73 Å². The van der Waals surface area contributed by atoms with Gasteiger partial charge in [0.1, 0.15) is 17.4 Å². The maximum Gasteiger partial charge on any atom is 0.407 e. The van der Waals surface area contributed by atoms with E-state index >= 15 is 0 Å². The van der Waals surface area contributed by atoms with E-state index in [0.717, 1.165) is 12.1 Å². The van der Waals surface area contributed by atoms with Gasteiger partial charge in [0.15, 0.2) is 0 Å². The van der Waals surface area contributed by atoms with E-state index in [1.807, 2.05) is 0 Å². The van der Waals surface area contributed by atoms with Crippen LogP contribution in [0.5, 0.6) is 5.75 Å². The molecule has 1 rings (SSSR count). The lowest BCUT2D eigenvalue weighted by molar-refractivity contribution is -0.149. The molecule has 0 heterocycles. The Hall–Kier alpha value is -1.76. The number of nitrogens with two attached hydrogens (primary N) is 1. The van der Waals surface area contributed by atoms with Gasteiger partial charge in [-0.2, -0.15) is 13.2 Å². The van der Waals surface area contributed by atoms with Gasteiger partial charge in [-0.1, -0.05) is 6.07 Å². The summed E-state index contributed by atoms with van der Waals surface area (Å²) in [5, 5.41) is 18.2. The lowest BCUT2D eigenvalue weighted by Crippen LogP contribution is -2.28. The lowest BCUT2D eigenvalue weighted by atomic mass is 9.99. The number of phenols is 1. The number of carboxylic acid groups (broad SMARTS) is 1. The molecule has 4 N–H and O–H groups in total. The number of hydrogen-bond donors (Lipinski definition) is 3. The van der Waals surface area contributed by atoms with Gasteiger partial charge in [-0.25, -0.2) is 4.79 Å². The van der Waals surface area contributed by atoms with Crippen molar-refractivity contribution in [1.82, 2.24) is 0 Å². The smallest absolute Gasteiger partial charge is 0.407 e. The van der Waals surface area contributed by atoms with Crippen LogP contribution in [0.15, 0.2) is 12.1 Å². The van der Waals surface area contributed by atoms with E-state index in [-0.39, 0.29) is 5.56 Å². The van der Waals surface area contributed by atoms with Gasteiger partial charge < -0.3 is 15.9 Å². The van der Waals surface area contributed by atoms with Crippen molar-refractivity contribution < 1.29 is 28.2 Å². The molecule has 0 aliphatic heterocycles. The van der Waals surface area contributed by atoms with Crippen LogP contribution in [0.3, 0.4) is 0 Å². The highest BCUT2D eigenvalue weighted by Crippen LogP contribution is 2.37. The highest BCUT2D eigenvalue weighted by molar-refractivity contribution is 5.91. The third-order valence-electron chi connectivity index (χ3n) is 2.20. The van der Waals surface area contributed by atoms with Crippen molar-refractivity contribution >= 4 is 5.97 Å². The number of aryl methyl sites for hydroxylation is 1. The average molecular weight is 249 g/mol. The predicted octanol–water partition coefficient (Wildman–Crippen LogP) is 1.96. The molecule has 0 bridgehead atoms. The topological polar surface area (TPSA) is 83.5 Å². The van der Waals surface area contributed by atoms with E-state index in [0.29, 0.717) is 0 Å². The number of rotatable bonds is 2. The third-order valence-corrected chi connectivity index (χ3v) is 2.20. The van der Waals surface area contributed by atoms with Gasteiger partial charge in [0.2, 0.25) is 0 Å². The fraction of sp³-hybridized carbons (Fsp3) is 0.300. The molecule has 0 saturated heterocycles. The first-order valence-electron chi connectivity index (χ1n) is 4.53. The number of benzene rings is 1. The first kappa shape index (κ1) is 13.3. The maximum atomic E-state index is 12.4. The molecule has 0 amide bonds. The molecular weight excluding hydrogens is 239 g/mol. The van der Waals surface area contributed by atoms with Crippen molar-refractivity contribution in [3.05, 3.63) is 28.8 Å². The number of aromatic hydroxyl groups is 1. The molecule has 0 unspecified atom stereocenters. The number of halogens is 3. The number of aromatic carboxylic acids is 1. The van der Waals surface area contributed by atoms with Crippen molar-refractivity contribution in [1.29, 1.82) is 0 Å². The number of alkyl halides is 3. The molecule has 0 spiro atoms. The minimum atomic E-state index is -4.75. The summed E-state index contributed by atoms with van der Waals surface area (Å²) in [4.78, 5) is 10.7. The summed E-state index contributed by atoms with van der Waals surface area (Å²) >= 11 is 0. The summed E-state index contributed by atoms with van der Waals surface area (Å²) in [7, 11) is 0. The number of carboxylic acids is 1. The van der Waals surface area contributed by atoms with Crippen LogP contribution in [0.2, 0.25) is 0 Å². The van der Waals surface area contributed by atoms with Crippen molar-refractivity contribution in [3.8, 4) is 5.75 Å². The summed E-state index contributed by atoms with van der Waals surface area (Å²) in [6, 6.07) is -0.329. The standard InChI is InChI=1S/C10H10F3NO3/c1-4-2-5(8(14)10(11,12)13)7(15)6(3-4)9(16)17/h2-3,8,15H,14H2,1H3,(H,16,17)/t8-/m1/s1. The van der Waals surface area contributed by atoms with E-state index in [9.17, 15) is 23.1 Å². The summed E-state index contributed by atoms with van der Waals surface area (Å²) in [6.45, 7) is 1.42. The molecule has 0 aliphatic carbocycles. The summed E-state index contributed by atoms with van der Waals surface area (Å²) < 4.78 is 37.2. The van der Waals surface area contributed by atoms with Gasteiger partial charge in [0, 0.05) is 5.56 Å². The maximum absolute atomic E-state index is 12.4. The van der Waals surface area contributed by atoms with Crippen molar-refractivity contribution in [3.63, 3.8) is 0 Å². The van der Waals surface area contributed by atoms with Crippen LogP contribution >= 0.6 is 0 Å². The van der Waals surface area contributed by atoms with Crippen molar-refractivity contribution in [2.24, 2.45) is 5.73 Å². The van der Waals surface area contributed by atoms with E-state index in [1.165, 1.54) is 6.92 Å². The molecule has 4 nitrogen and oxygen atoms in total. The molecule has 7 heteroatoms. The molecule has 1 aromatic rings. The van der Waals surface area contributed by atoms with Gasteiger partial charge in [-0.3, -0.25) is 0 Å². The SMILES string of the molecule is Cc1cc(C(=O)O)c(O)c([C@@H](N)C(F)(F)F)c1. The third kappa shape index (κ3) is 2.68. The van der Waals surface area contributed by atoms with Gasteiger partial charge in [-0.05, 0) is 18.6 Å². The molecule has 17 heavy (non-hydrogen) atoms. The van der Waals surface area contributed by atoms with Gasteiger partial charge in [-0.15, -0.1) is 0 Å². The molecule has 1 atom stereocenters. The second-order valence-corrected chi connectivity index (χ2v) is 3.57. The van der Waals surface area contributed by atoms with E-state index in [2.05, 4.69) is 0 Å². The second-order valence-electron chi connectivity index (χ2n) is 3.57. The quantitative estimate of drug-likeness (QED) is 0.748. The van der Waals surface area contributed by atoms with E-state index < -0.39 is 35.1 Å². The fourth-order valence-corrected chi connectivity index (χ4v) is 1.38. The van der Waals surface area contributed by atoms with Crippen molar-refractivity contribution in [2.45, 2.75) is 19.1 Å². The molecule has 1 aromatic carbocycles. The van der Waals surface area contributed by atoms with Crippen LogP contribution in [-0.2, 0) is 0 Å².